The Morgan fingerprint density at radius 3 is 3.06 bits per heavy atom. The van der Waals surface area contributed by atoms with Crippen LogP contribution in [0.25, 0.3) is 0 Å². The number of aliphatic hydroxyl groups excluding tert-OH is 1. The number of hydrogen-bond donors (Lipinski definition) is 1. The summed E-state index contributed by atoms with van der Waals surface area (Å²) in [6, 6.07) is 3.65. The Labute approximate surface area is 99.8 Å². The van der Waals surface area contributed by atoms with Crippen LogP contribution in [-0.4, -0.2) is 36.4 Å². The number of halogens is 1. The molecule has 0 saturated carbocycles. The van der Waals surface area contributed by atoms with Gasteiger partial charge in [-0.05, 0) is 18.6 Å². The highest BCUT2D eigenvalue weighted by molar-refractivity contribution is 6.31. The lowest BCUT2D eigenvalue weighted by atomic mass is 10.3. The van der Waals surface area contributed by atoms with Crippen LogP contribution in [0.2, 0.25) is 5.02 Å². The quantitative estimate of drug-likeness (QED) is 0.872. The third-order valence-corrected chi connectivity index (χ3v) is 3.20. The predicted molar refractivity (Wildman–Crippen MR) is 62.8 cm³/mol. The van der Waals surface area contributed by atoms with Crippen LogP contribution in [0.5, 0.6) is 0 Å². The summed E-state index contributed by atoms with van der Waals surface area (Å²) in [4.78, 5) is 6.47. The molecule has 1 aromatic rings. The van der Waals surface area contributed by atoms with Gasteiger partial charge in [0.05, 0.1) is 23.4 Å². The molecule has 16 heavy (non-hydrogen) atoms. The van der Waals surface area contributed by atoms with E-state index in [4.69, 9.17) is 21.4 Å². The number of aliphatic hydroxyl groups is 1. The van der Waals surface area contributed by atoms with E-state index in [1.54, 1.807) is 13.2 Å². The van der Waals surface area contributed by atoms with Gasteiger partial charge in [-0.25, -0.2) is 4.98 Å². The molecule has 5 heteroatoms. The average Bonchev–Trinajstić information content (AvgIpc) is 2.78. The molecule has 2 rings (SSSR count). The number of rotatable bonds is 3. The van der Waals surface area contributed by atoms with Gasteiger partial charge >= 0.3 is 0 Å². The highest BCUT2D eigenvalue weighted by Crippen LogP contribution is 2.23. The average molecular weight is 243 g/mol. The van der Waals surface area contributed by atoms with E-state index in [1.165, 1.54) is 0 Å². The lowest BCUT2D eigenvalue weighted by Gasteiger charge is -2.18. The number of nitrogens with zero attached hydrogens (tertiary/aromatic N) is 2. The van der Waals surface area contributed by atoms with E-state index in [0.29, 0.717) is 10.7 Å². The molecule has 1 atom stereocenters. The molecule has 0 spiro atoms. The van der Waals surface area contributed by atoms with Crippen molar-refractivity contribution >= 4 is 17.4 Å². The van der Waals surface area contributed by atoms with Gasteiger partial charge < -0.3 is 14.7 Å². The van der Waals surface area contributed by atoms with Crippen molar-refractivity contribution in [2.75, 3.05) is 25.1 Å². The van der Waals surface area contributed by atoms with E-state index in [2.05, 4.69) is 9.88 Å². The first-order valence-corrected chi connectivity index (χ1v) is 5.66. The molecule has 1 aliphatic heterocycles. The van der Waals surface area contributed by atoms with Crippen LogP contribution in [0.15, 0.2) is 12.1 Å². The van der Waals surface area contributed by atoms with Crippen LogP contribution in [0.3, 0.4) is 0 Å². The molecule has 0 amide bonds. The van der Waals surface area contributed by atoms with Gasteiger partial charge in [0, 0.05) is 20.2 Å². The largest absolute Gasteiger partial charge is 0.390 e. The minimum absolute atomic E-state index is 0.131. The summed E-state index contributed by atoms with van der Waals surface area (Å²) in [5.41, 5.74) is 0.528. The smallest absolute Gasteiger partial charge is 0.129 e. The maximum Gasteiger partial charge on any atom is 0.129 e. The number of aromatic nitrogens is 1. The summed E-state index contributed by atoms with van der Waals surface area (Å²) in [6.45, 7) is 1.64. The van der Waals surface area contributed by atoms with Gasteiger partial charge in [0.15, 0.2) is 0 Å². The third kappa shape index (κ3) is 2.29. The van der Waals surface area contributed by atoms with Gasteiger partial charge in [-0.2, -0.15) is 0 Å². The summed E-state index contributed by atoms with van der Waals surface area (Å²) in [6.07, 6.45) is 1.28. The first-order valence-electron chi connectivity index (χ1n) is 5.28. The van der Waals surface area contributed by atoms with Crippen LogP contribution >= 0.6 is 11.6 Å². The lowest BCUT2D eigenvalue weighted by Crippen LogP contribution is -2.23. The molecular weight excluding hydrogens is 228 g/mol. The second kappa shape index (κ2) is 4.99. The molecule has 0 bridgehead atoms. The number of pyridine rings is 1. The zero-order valence-corrected chi connectivity index (χ0v) is 9.94. The number of ether oxygens (including phenoxy) is 1. The van der Waals surface area contributed by atoms with Crippen LogP contribution in [0.4, 0.5) is 5.82 Å². The predicted octanol–water partition coefficient (Wildman–Crippen LogP) is 1.45. The van der Waals surface area contributed by atoms with E-state index in [0.717, 1.165) is 25.3 Å². The highest BCUT2D eigenvalue weighted by atomic mass is 35.5. The monoisotopic (exact) mass is 242 g/mol. The summed E-state index contributed by atoms with van der Waals surface area (Å²) in [5.74, 6) is 0.855. The summed E-state index contributed by atoms with van der Waals surface area (Å²) in [5, 5.41) is 9.60. The Balaban J connectivity index is 2.15. The van der Waals surface area contributed by atoms with E-state index in [9.17, 15) is 0 Å². The Morgan fingerprint density at radius 1 is 1.62 bits per heavy atom. The molecule has 0 aliphatic carbocycles. The summed E-state index contributed by atoms with van der Waals surface area (Å²) >= 11 is 5.89. The van der Waals surface area contributed by atoms with Gasteiger partial charge in [0.2, 0.25) is 0 Å². The molecule has 0 aromatic carbocycles. The highest BCUT2D eigenvalue weighted by Gasteiger charge is 2.23. The zero-order valence-electron chi connectivity index (χ0n) is 9.19. The van der Waals surface area contributed by atoms with Crippen LogP contribution in [0.1, 0.15) is 12.1 Å². The van der Waals surface area contributed by atoms with E-state index >= 15 is 0 Å². The lowest BCUT2D eigenvalue weighted by molar-refractivity contribution is 0.121. The molecule has 1 fully saturated rings. The summed E-state index contributed by atoms with van der Waals surface area (Å²) in [7, 11) is 1.72. The van der Waals surface area contributed by atoms with Gasteiger partial charge in [-0.3, -0.25) is 0 Å². The Morgan fingerprint density at radius 2 is 2.44 bits per heavy atom. The normalized spacial score (nSPS) is 20.4. The zero-order chi connectivity index (χ0) is 11.5. The second-order valence-corrected chi connectivity index (χ2v) is 4.26. The molecular formula is C11H15ClN2O2. The van der Waals surface area contributed by atoms with Gasteiger partial charge in [-0.15, -0.1) is 0 Å². The molecule has 1 aromatic heterocycles. The molecule has 1 aliphatic rings. The number of methoxy groups -OCH3 is 1. The molecule has 0 radical (unpaired) electrons. The summed E-state index contributed by atoms with van der Waals surface area (Å²) < 4.78 is 5.30. The first-order chi connectivity index (χ1) is 7.74. The Kier molecular flexibility index (Phi) is 3.63. The SMILES string of the molecule is COC1CCN(c2ccc(Cl)c(CO)n2)C1. The van der Waals surface area contributed by atoms with Gasteiger partial charge in [0.1, 0.15) is 5.82 Å². The third-order valence-electron chi connectivity index (χ3n) is 2.86. The fraction of sp³-hybridized carbons (Fsp3) is 0.545. The van der Waals surface area contributed by atoms with Crippen molar-refractivity contribution in [2.24, 2.45) is 0 Å². The van der Waals surface area contributed by atoms with Crippen molar-refractivity contribution in [3.8, 4) is 0 Å². The Bertz CT molecular complexity index is 373. The van der Waals surface area contributed by atoms with Gasteiger partial charge in [-0.1, -0.05) is 11.6 Å². The van der Waals surface area contributed by atoms with E-state index in [-0.39, 0.29) is 12.7 Å². The second-order valence-electron chi connectivity index (χ2n) is 3.85. The van der Waals surface area contributed by atoms with Crippen molar-refractivity contribution in [3.05, 3.63) is 22.8 Å². The van der Waals surface area contributed by atoms with Crippen LogP contribution in [-0.2, 0) is 11.3 Å². The van der Waals surface area contributed by atoms with Crippen LogP contribution < -0.4 is 4.90 Å². The van der Waals surface area contributed by atoms with Gasteiger partial charge in [0.25, 0.3) is 0 Å². The fourth-order valence-corrected chi connectivity index (χ4v) is 2.05. The van der Waals surface area contributed by atoms with Crippen LogP contribution in [0, 0.1) is 0 Å². The maximum absolute atomic E-state index is 9.09. The van der Waals surface area contributed by atoms with Crippen molar-refractivity contribution in [2.45, 2.75) is 19.1 Å². The standard InChI is InChI=1S/C11H15ClN2O2/c1-16-8-4-5-14(6-8)11-3-2-9(12)10(7-15)13-11/h2-3,8,15H,4-7H2,1H3. The molecule has 1 N–H and O–H groups in total. The van der Waals surface area contributed by atoms with E-state index < -0.39 is 0 Å². The minimum atomic E-state index is -0.131. The van der Waals surface area contributed by atoms with Crippen molar-refractivity contribution in [3.63, 3.8) is 0 Å². The topological polar surface area (TPSA) is 45.6 Å². The minimum Gasteiger partial charge on any atom is -0.390 e. The van der Waals surface area contributed by atoms with Crippen molar-refractivity contribution in [1.82, 2.24) is 4.98 Å². The molecule has 1 unspecified atom stereocenters. The molecule has 2 heterocycles. The number of hydrogen-bond acceptors (Lipinski definition) is 4. The van der Waals surface area contributed by atoms with Crippen molar-refractivity contribution in [1.29, 1.82) is 0 Å². The number of anilines is 1. The van der Waals surface area contributed by atoms with E-state index in [1.807, 2.05) is 6.07 Å². The maximum atomic E-state index is 9.09. The molecule has 4 nitrogen and oxygen atoms in total. The van der Waals surface area contributed by atoms with Crippen molar-refractivity contribution < 1.29 is 9.84 Å². The molecule has 88 valence electrons. The Hall–Kier alpha value is -0.840. The first kappa shape index (κ1) is 11.6. The molecule has 1 saturated heterocycles. The fourth-order valence-electron chi connectivity index (χ4n) is 1.89.